The fraction of sp³-hybridized carbons (Fsp3) is 0.210. The lowest BCUT2D eigenvalue weighted by Gasteiger charge is -2.52. The maximum atomic E-state index is 12.6. The summed E-state index contributed by atoms with van der Waals surface area (Å²) in [7, 11) is 14.6. The Kier molecular flexibility index (Phi) is 11.4. The molecule has 436 valence electrons. The van der Waals surface area contributed by atoms with Crippen LogP contribution in [-0.2, 0) is 30.5 Å². The number of allylic oxidation sites excluding steroid dienone is 2. The summed E-state index contributed by atoms with van der Waals surface area (Å²) in [5.74, 6) is -2.79. The highest BCUT2D eigenvalue weighted by molar-refractivity contribution is 6.64. The first-order valence-corrected chi connectivity index (χ1v) is 31.4. The van der Waals surface area contributed by atoms with Crippen molar-refractivity contribution in [1.82, 2.24) is 19.6 Å². The maximum absolute atomic E-state index is 12.6. The van der Waals surface area contributed by atoms with E-state index in [-0.39, 0.29) is 17.2 Å². The van der Waals surface area contributed by atoms with Crippen LogP contribution < -0.4 is 20.7 Å². The van der Waals surface area contributed by atoms with E-state index in [2.05, 4.69) is 216 Å². The molecule has 0 bridgehead atoms. The Labute approximate surface area is 515 Å². The Morgan fingerprint density at radius 3 is 1.15 bits per heavy atom. The van der Waals surface area contributed by atoms with Gasteiger partial charge >= 0.3 is 0 Å². The van der Waals surface area contributed by atoms with Crippen LogP contribution in [0.15, 0.2) is 170 Å². The number of rotatable bonds is 9. The van der Waals surface area contributed by atoms with E-state index in [1.165, 1.54) is 180 Å². The molecule has 3 atom stereocenters. The first kappa shape index (κ1) is 53.9. The predicted molar refractivity (Wildman–Crippen MR) is 365 cm³/mol. The van der Waals surface area contributed by atoms with Crippen molar-refractivity contribution in [1.29, 1.82) is 0 Å². The smallest absolute Gasteiger partial charge is 0.0715 e. The Bertz CT molecular complexity index is 5520. The molecule has 5 aliphatic rings. The van der Waals surface area contributed by atoms with Crippen LogP contribution in [0.4, 0.5) is 0 Å². The van der Waals surface area contributed by atoms with Crippen LogP contribution in [0.1, 0.15) is 80.4 Å². The number of likely N-dealkylation sites (tertiary alicyclic amines) is 1. The van der Waals surface area contributed by atoms with Crippen molar-refractivity contribution in [2.45, 2.75) is 56.8 Å². The lowest BCUT2D eigenvalue weighted by molar-refractivity contribution is -0.255. The molecule has 0 amide bonds. The Hall–Kier alpha value is -9.28. The number of likely N-dealkylation sites (N-methyl/N-ethyl adjacent to an activating group) is 1. The van der Waals surface area contributed by atoms with Crippen molar-refractivity contribution in [3.63, 3.8) is 0 Å². The Balaban J connectivity index is 0.000000153. The van der Waals surface area contributed by atoms with Gasteiger partial charge in [-0.1, -0.05) is 172 Å². The summed E-state index contributed by atoms with van der Waals surface area (Å²) < 4.78 is 0. The molecule has 0 saturated carbocycles. The lowest BCUT2D eigenvalue weighted by atomic mass is 9.47. The SMILES string of the molecule is CCC.CN(C)Cc1ccccc1.CN(C)Cc1ccccc1.CN(C)Cc1ccccc1.CN1CC23C4=c5ccc6c7ccc8c9ccc%10c%11ccc%12c%13c(c%14c%15c2c5c6c2c7c8c5c9c%10c(c%13%11)c%14c5c%152)C3(C=%12C=C4)C1c1cc(C(=O)[O-])cc(C(=O)[O-])c1. The monoisotopic (exact) mass is 1160 g/mol. The molecule has 1 heterocycles. The van der Waals surface area contributed by atoms with E-state index in [1.54, 1.807) is 12.1 Å². The molecule has 0 aromatic heterocycles. The van der Waals surface area contributed by atoms with Gasteiger partial charge in [0.05, 0.1) is 22.8 Å². The Morgan fingerprint density at radius 1 is 0.427 bits per heavy atom. The summed E-state index contributed by atoms with van der Waals surface area (Å²) in [6.45, 7) is 8.03. The van der Waals surface area contributed by atoms with Gasteiger partial charge in [0, 0.05) is 32.2 Å². The lowest BCUT2D eigenvalue weighted by Crippen LogP contribution is -2.52. The number of carboxylic acid groups (broad SMARTS) is 2. The Morgan fingerprint density at radius 2 is 0.753 bits per heavy atom. The number of carbonyl (C=O) groups is 2. The highest BCUT2D eigenvalue weighted by atomic mass is 16.4. The molecule has 1 fully saturated rings. The number of aromatic carboxylic acids is 2. The van der Waals surface area contributed by atoms with Crippen molar-refractivity contribution in [3.8, 4) is 0 Å². The second-order valence-electron chi connectivity index (χ2n) is 26.9. The number of nitrogens with zero attached hydrogens (tertiary/aromatic N) is 4. The number of fused-ring (bicyclic) bond motifs is 3. The van der Waals surface area contributed by atoms with Gasteiger partial charge in [0.1, 0.15) is 0 Å². The van der Waals surface area contributed by atoms with Crippen molar-refractivity contribution < 1.29 is 19.8 Å². The summed E-state index contributed by atoms with van der Waals surface area (Å²) in [6, 6.07) is 54.6. The maximum Gasteiger partial charge on any atom is 0.0715 e. The molecular formula is C81H66N4O4-2. The molecular weight excluding hydrogens is 1090 g/mol. The van der Waals surface area contributed by atoms with Gasteiger partial charge in [0.2, 0.25) is 0 Å². The summed E-state index contributed by atoms with van der Waals surface area (Å²) in [5, 5.41) is 58.1. The van der Waals surface area contributed by atoms with Gasteiger partial charge in [-0.25, -0.2) is 0 Å². The average Bonchev–Trinajstić information content (AvgIpc) is 1.42. The molecule has 4 aliphatic carbocycles. The highest BCUT2D eigenvalue weighted by Crippen LogP contribution is 2.78. The molecule has 2 spiro atoms. The molecule has 16 aromatic carbocycles. The van der Waals surface area contributed by atoms with Crippen LogP contribution in [0, 0.1) is 0 Å². The largest absolute Gasteiger partial charge is 0.545 e. The van der Waals surface area contributed by atoms with E-state index in [4.69, 9.17) is 0 Å². The van der Waals surface area contributed by atoms with Gasteiger partial charge in [-0.15, -0.1) is 0 Å². The van der Waals surface area contributed by atoms with E-state index in [9.17, 15) is 19.8 Å². The minimum Gasteiger partial charge on any atom is -0.545 e. The van der Waals surface area contributed by atoms with Gasteiger partial charge in [-0.05, 0) is 252 Å². The molecule has 3 unspecified atom stereocenters. The minimum atomic E-state index is -1.39. The van der Waals surface area contributed by atoms with Gasteiger partial charge < -0.3 is 34.5 Å². The molecule has 0 radical (unpaired) electrons. The van der Waals surface area contributed by atoms with Gasteiger partial charge in [0.25, 0.3) is 0 Å². The molecule has 21 rings (SSSR count). The van der Waals surface area contributed by atoms with Gasteiger partial charge in [0.15, 0.2) is 0 Å². The van der Waals surface area contributed by atoms with Crippen LogP contribution in [0.25, 0.3) is 130 Å². The van der Waals surface area contributed by atoms with Gasteiger partial charge in [-0.3, -0.25) is 4.90 Å². The highest BCUT2D eigenvalue weighted by Gasteiger charge is 2.73. The molecule has 0 N–H and O–H groups in total. The first-order valence-electron chi connectivity index (χ1n) is 31.4. The van der Waals surface area contributed by atoms with Crippen LogP contribution in [0.3, 0.4) is 0 Å². The number of benzene rings is 12. The summed E-state index contributed by atoms with van der Waals surface area (Å²) in [4.78, 5) is 34.1. The van der Waals surface area contributed by atoms with Gasteiger partial charge in [-0.2, -0.15) is 0 Å². The number of hydrogen-bond donors (Lipinski definition) is 0. The third kappa shape index (κ3) is 6.66. The summed E-state index contributed by atoms with van der Waals surface area (Å²) >= 11 is 0. The van der Waals surface area contributed by atoms with Crippen LogP contribution in [0.2, 0.25) is 0 Å². The minimum absolute atomic E-state index is 0.140. The second kappa shape index (κ2) is 18.9. The summed E-state index contributed by atoms with van der Waals surface area (Å²) in [5.41, 5.74) is 8.65. The zero-order valence-electron chi connectivity index (χ0n) is 51.7. The number of carboxylic acids is 2. The van der Waals surface area contributed by atoms with Crippen LogP contribution in [-0.4, -0.2) is 87.4 Å². The summed E-state index contributed by atoms with van der Waals surface area (Å²) in [6.07, 6.45) is 6.03. The number of carbonyl (C=O) groups excluding carboxylic acids is 2. The van der Waals surface area contributed by atoms with E-state index in [1.807, 2.05) is 18.2 Å². The average molecular weight is 1160 g/mol. The van der Waals surface area contributed by atoms with Crippen molar-refractivity contribution in [2.75, 3.05) is 55.9 Å². The quantitative estimate of drug-likeness (QED) is 0.132. The van der Waals surface area contributed by atoms with Crippen molar-refractivity contribution in [2.24, 2.45) is 0 Å². The zero-order chi connectivity index (χ0) is 61.0. The third-order valence-electron chi connectivity index (χ3n) is 20.7. The molecule has 8 nitrogen and oxygen atoms in total. The van der Waals surface area contributed by atoms with Crippen molar-refractivity contribution in [3.05, 3.63) is 225 Å². The van der Waals surface area contributed by atoms with Crippen LogP contribution in [0.5, 0.6) is 0 Å². The van der Waals surface area contributed by atoms with E-state index < -0.39 is 22.8 Å². The zero-order valence-corrected chi connectivity index (χ0v) is 51.7. The first-order chi connectivity index (χ1) is 43.2. The van der Waals surface area contributed by atoms with Crippen molar-refractivity contribution >= 4 is 142 Å². The molecule has 89 heavy (non-hydrogen) atoms. The topological polar surface area (TPSA) is 93.2 Å². The molecule has 8 heteroatoms. The van der Waals surface area contributed by atoms with E-state index >= 15 is 0 Å². The molecule has 16 aromatic rings. The third-order valence-corrected chi connectivity index (χ3v) is 20.7. The fourth-order valence-corrected chi connectivity index (χ4v) is 18.5. The normalized spacial score (nSPS) is 18.6. The predicted octanol–water partition coefficient (Wildman–Crippen LogP) is 13.3. The van der Waals surface area contributed by atoms with E-state index in [0.29, 0.717) is 12.1 Å². The number of hydrogen-bond acceptors (Lipinski definition) is 8. The second-order valence-corrected chi connectivity index (χ2v) is 26.9. The molecule has 1 saturated heterocycles. The standard InChI is InChI=1S/C51H21NO4.3C9H13N.C3H8/c1-52-15-50-27-10-11-28-26-9-7-24-22-5-3-20-19-2-4-21-23-6-8-25(27)35-33(23)38-31(21)29(19)37-30(20)32(22)39-34(24)36(26)46(44-42(39)40(37)41(38)43(44)45(35)50)51(28,50)47(52)16-12-17(48(53)54)14-18(13-16)49(55)56;3*1-10(2)8-9-6-4-3-5-7-9;1-3-2/h2-14,47H,15H2,1H3,(H,53,54)(H,55,56);3*3-7H,8H2,1-2H3;3H2,1-2H3/p-2. The van der Waals surface area contributed by atoms with E-state index in [0.717, 1.165) is 19.6 Å². The molecule has 1 aliphatic heterocycles. The van der Waals surface area contributed by atoms with Crippen LogP contribution >= 0.6 is 0 Å². The fourth-order valence-electron chi connectivity index (χ4n) is 18.5.